The molecule has 0 bridgehead atoms. The first kappa shape index (κ1) is 13.2. The van der Waals surface area contributed by atoms with Crippen LogP contribution in [-0.4, -0.2) is 47.2 Å². The minimum absolute atomic E-state index is 0.106. The normalized spacial score (nSPS) is 12.6. The van der Waals surface area contributed by atoms with Crippen LogP contribution in [0.25, 0.3) is 5.95 Å². The minimum atomic E-state index is 0.106. The van der Waals surface area contributed by atoms with Gasteiger partial charge in [-0.3, -0.25) is 0 Å². The predicted molar refractivity (Wildman–Crippen MR) is 66.7 cm³/mol. The number of hydrogen-bond donors (Lipinski definition) is 1. The van der Waals surface area contributed by atoms with Gasteiger partial charge in [0.05, 0.1) is 0 Å². The van der Waals surface area contributed by atoms with Crippen molar-refractivity contribution in [2.45, 2.75) is 12.1 Å². The molecule has 1 N–H and O–H groups in total. The number of aliphatic hydroxyl groups excluding tert-OH is 1. The fraction of sp³-hybridized carbons (Fsp3) is 0.444. The van der Waals surface area contributed by atoms with Crippen molar-refractivity contribution < 1.29 is 5.11 Å². The molecule has 0 spiro atoms. The quantitative estimate of drug-likeness (QED) is 0.814. The van der Waals surface area contributed by atoms with Gasteiger partial charge in [-0.2, -0.15) is 24.7 Å². The molecule has 0 radical (unpaired) electrons. The number of rotatable bonds is 5. The van der Waals surface area contributed by atoms with Crippen molar-refractivity contribution >= 4 is 23.4 Å². The lowest BCUT2D eigenvalue weighted by Crippen LogP contribution is -2.07. The minimum Gasteiger partial charge on any atom is -0.396 e. The highest BCUT2D eigenvalue weighted by atomic mass is 35.5. The molecule has 2 rings (SSSR count). The molecule has 96 valence electrons. The van der Waals surface area contributed by atoms with Gasteiger partial charge in [-0.25, -0.2) is 4.98 Å². The highest BCUT2D eigenvalue weighted by Gasteiger charge is 2.09. The van der Waals surface area contributed by atoms with Gasteiger partial charge < -0.3 is 5.11 Å². The summed E-state index contributed by atoms with van der Waals surface area (Å²) in [5.74, 6) is 1.19. The maximum Gasteiger partial charge on any atom is 0.257 e. The number of aromatic nitrogens is 6. The maximum absolute atomic E-state index is 8.96. The van der Waals surface area contributed by atoms with Crippen LogP contribution in [0.15, 0.2) is 17.8 Å². The Morgan fingerprint density at radius 2 is 2.28 bits per heavy atom. The van der Waals surface area contributed by atoms with E-state index in [1.807, 2.05) is 6.92 Å². The Morgan fingerprint density at radius 3 is 2.94 bits per heavy atom. The fourth-order valence-electron chi connectivity index (χ4n) is 1.07. The van der Waals surface area contributed by atoms with Crippen molar-refractivity contribution in [3.8, 4) is 5.95 Å². The molecule has 0 aliphatic rings. The molecule has 2 aromatic rings. The predicted octanol–water partition coefficient (Wildman–Crippen LogP) is 0.826. The van der Waals surface area contributed by atoms with E-state index in [2.05, 4.69) is 25.0 Å². The van der Waals surface area contributed by atoms with Crippen molar-refractivity contribution in [2.75, 3.05) is 12.4 Å². The third-order valence-electron chi connectivity index (χ3n) is 2.01. The molecule has 7 nitrogen and oxygen atoms in total. The molecule has 0 saturated heterocycles. The molecule has 0 fully saturated rings. The van der Waals surface area contributed by atoms with E-state index in [1.165, 1.54) is 29.1 Å². The summed E-state index contributed by atoms with van der Waals surface area (Å²) >= 11 is 7.24. The van der Waals surface area contributed by atoms with Gasteiger partial charge in [0.2, 0.25) is 5.28 Å². The zero-order chi connectivity index (χ0) is 13.0. The van der Waals surface area contributed by atoms with Crippen molar-refractivity contribution in [3.05, 3.63) is 17.9 Å². The van der Waals surface area contributed by atoms with Gasteiger partial charge >= 0.3 is 0 Å². The van der Waals surface area contributed by atoms with E-state index in [9.17, 15) is 0 Å². The Hall–Kier alpha value is -1.25. The number of halogens is 1. The number of nitrogens with zero attached hydrogens (tertiary/aromatic N) is 6. The second-order valence-electron chi connectivity index (χ2n) is 3.63. The molecule has 0 saturated carbocycles. The summed E-state index contributed by atoms with van der Waals surface area (Å²) in [7, 11) is 0. The largest absolute Gasteiger partial charge is 0.396 e. The van der Waals surface area contributed by atoms with E-state index >= 15 is 0 Å². The van der Waals surface area contributed by atoms with Crippen molar-refractivity contribution in [2.24, 2.45) is 5.92 Å². The fourth-order valence-corrected chi connectivity index (χ4v) is 2.11. The summed E-state index contributed by atoms with van der Waals surface area (Å²) < 4.78 is 1.41. The molecule has 0 aliphatic heterocycles. The van der Waals surface area contributed by atoms with Crippen molar-refractivity contribution in [1.82, 2.24) is 29.7 Å². The molecule has 9 heteroatoms. The van der Waals surface area contributed by atoms with Gasteiger partial charge in [-0.1, -0.05) is 18.7 Å². The summed E-state index contributed by atoms with van der Waals surface area (Å²) in [6, 6.07) is 0. The smallest absolute Gasteiger partial charge is 0.257 e. The van der Waals surface area contributed by atoms with Crippen LogP contribution in [0.5, 0.6) is 0 Å². The van der Waals surface area contributed by atoms with Crippen LogP contribution >= 0.6 is 23.4 Å². The van der Waals surface area contributed by atoms with Crippen molar-refractivity contribution in [1.29, 1.82) is 0 Å². The van der Waals surface area contributed by atoms with Crippen LogP contribution in [0.2, 0.25) is 5.28 Å². The lowest BCUT2D eigenvalue weighted by atomic mass is 10.2. The number of aliphatic hydroxyl groups is 1. The Balaban J connectivity index is 2.17. The SMILES string of the molecule is CC(CO)CSc1nc(Cl)nc(-n2cncn2)n1. The van der Waals surface area contributed by atoms with Gasteiger partial charge in [0.25, 0.3) is 5.95 Å². The highest BCUT2D eigenvalue weighted by molar-refractivity contribution is 7.99. The summed E-state index contributed by atoms with van der Waals surface area (Å²) in [4.78, 5) is 16.0. The van der Waals surface area contributed by atoms with E-state index in [0.29, 0.717) is 16.9 Å². The molecular weight excluding hydrogens is 276 g/mol. The average Bonchev–Trinajstić information content (AvgIpc) is 2.89. The first-order valence-corrected chi connectivity index (χ1v) is 6.55. The van der Waals surface area contributed by atoms with Crippen LogP contribution in [-0.2, 0) is 0 Å². The molecule has 2 heterocycles. The lowest BCUT2D eigenvalue weighted by molar-refractivity contribution is 0.250. The molecule has 0 amide bonds. The monoisotopic (exact) mass is 286 g/mol. The Labute approximate surface area is 113 Å². The van der Waals surface area contributed by atoms with Crippen LogP contribution < -0.4 is 0 Å². The van der Waals surface area contributed by atoms with E-state index in [-0.39, 0.29) is 17.8 Å². The Morgan fingerprint density at radius 1 is 1.44 bits per heavy atom. The summed E-state index contributed by atoms with van der Waals surface area (Å²) in [5.41, 5.74) is 0. The molecule has 2 aromatic heterocycles. The van der Waals surface area contributed by atoms with Crippen molar-refractivity contribution in [3.63, 3.8) is 0 Å². The zero-order valence-electron chi connectivity index (χ0n) is 9.56. The molecule has 0 aliphatic carbocycles. The van der Waals surface area contributed by atoms with Gasteiger partial charge in [0.1, 0.15) is 12.7 Å². The van der Waals surface area contributed by atoms with E-state index in [0.717, 1.165) is 0 Å². The average molecular weight is 287 g/mol. The summed E-state index contributed by atoms with van der Waals surface area (Å²) in [6.45, 7) is 2.07. The standard InChI is InChI=1S/C9H11ClN6OS/c1-6(2-17)3-18-9-14-7(10)13-8(15-9)16-5-11-4-12-16/h4-6,17H,2-3H2,1H3. The van der Waals surface area contributed by atoms with Crippen LogP contribution in [0.4, 0.5) is 0 Å². The van der Waals surface area contributed by atoms with Gasteiger partial charge in [-0.15, -0.1) is 0 Å². The lowest BCUT2D eigenvalue weighted by Gasteiger charge is -2.06. The zero-order valence-corrected chi connectivity index (χ0v) is 11.1. The number of thioether (sulfide) groups is 1. The van der Waals surface area contributed by atoms with Crippen LogP contribution in [0.3, 0.4) is 0 Å². The topological polar surface area (TPSA) is 89.6 Å². The molecule has 1 unspecified atom stereocenters. The maximum atomic E-state index is 8.96. The first-order chi connectivity index (χ1) is 8.69. The number of hydrogen-bond acceptors (Lipinski definition) is 7. The molecular formula is C9H11ClN6OS. The Bertz CT molecular complexity index is 508. The van der Waals surface area contributed by atoms with Crippen LogP contribution in [0, 0.1) is 5.92 Å². The third kappa shape index (κ3) is 3.37. The van der Waals surface area contributed by atoms with Gasteiger partial charge in [0, 0.05) is 12.4 Å². The first-order valence-electron chi connectivity index (χ1n) is 5.19. The van der Waals surface area contributed by atoms with E-state index in [1.54, 1.807) is 0 Å². The van der Waals surface area contributed by atoms with E-state index < -0.39 is 0 Å². The molecule has 1 atom stereocenters. The summed E-state index contributed by atoms with van der Waals surface area (Å²) in [5, 5.41) is 13.5. The third-order valence-corrected chi connectivity index (χ3v) is 3.35. The second kappa shape index (κ2) is 6.07. The van der Waals surface area contributed by atoms with Crippen LogP contribution in [0.1, 0.15) is 6.92 Å². The van der Waals surface area contributed by atoms with E-state index in [4.69, 9.17) is 16.7 Å². The summed E-state index contributed by atoms with van der Waals surface area (Å²) in [6.07, 6.45) is 2.87. The molecule has 0 aromatic carbocycles. The highest BCUT2D eigenvalue weighted by Crippen LogP contribution is 2.18. The second-order valence-corrected chi connectivity index (χ2v) is 4.95. The molecule has 18 heavy (non-hydrogen) atoms. The van der Waals surface area contributed by atoms with Gasteiger partial charge in [0.15, 0.2) is 5.16 Å². The Kier molecular flexibility index (Phi) is 4.45. The van der Waals surface area contributed by atoms with Gasteiger partial charge in [-0.05, 0) is 17.5 Å².